The first-order valence-corrected chi connectivity index (χ1v) is 7.09. The van der Waals surface area contributed by atoms with Crippen LogP contribution in [0.2, 0.25) is 0 Å². The molecule has 0 amide bonds. The monoisotopic (exact) mass is 307 g/mol. The fraction of sp³-hybridized carbons (Fsp3) is 0.500. The average Bonchev–Trinajstić information content (AvgIpc) is 2.39. The molecule has 0 N–H and O–H groups in total. The van der Waals surface area contributed by atoms with E-state index in [2.05, 4.69) is 45.8 Å². The molecule has 3 nitrogen and oxygen atoms in total. The number of nitriles is 1. The predicted molar refractivity (Wildman–Crippen MR) is 77.8 cm³/mol. The second kappa shape index (κ2) is 5.73. The van der Waals surface area contributed by atoms with E-state index in [0.29, 0.717) is 6.04 Å². The Morgan fingerprint density at radius 1 is 1.44 bits per heavy atom. The van der Waals surface area contributed by atoms with E-state index in [9.17, 15) is 5.26 Å². The summed E-state index contributed by atoms with van der Waals surface area (Å²) in [5, 5.41) is 9.24. The maximum Gasteiger partial charge on any atom is 0.101 e. The number of halogens is 1. The van der Waals surface area contributed by atoms with E-state index in [-0.39, 0.29) is 0 Å². The second-order valence-corrected chi connectivity index (χ2v) is 5.68. The van der Waals surface area contributed by atoms with Crippen molar-refractivity contribution in [1.29, 1.82) is 5.26 Å². The summed E-state index contributed by atoms with van der Waals surface area (Å²) in [7, 11) is 2.18. The van der Waals surface area contributed by atoms with Crippen LogP contribution >= 0.6 is 15.9 Å². The van der Waals surface area contributed by atoms with Crippen LogP contribution in [0.1, 0.15) is 18.9 Å². The number of nitrogens with zero attached hydrogens (tertiary/aromatic N) is 3. The molecule has 1 saturated heterocycles. The fourth-order valence-electron chi connectivity index (χ4n) is 2.48. The summed E-state index contributed by atoms with van der Waals surface area (Å²) >= 11 is 3.42. The van der Waals surface area contributed by atoms with Crippen LogP contribution < -0.4 is 4.90 Å². The van der Waals surface area contributed by atoms with Gasteiger partial charge in [-0.3, -0.25) is 4.90 Å². The summed E-state index contributed by atoms with van der Waals surface area (Å²) in [6.45, 7) is 5.27. The molecule has 0 aromatic heterocycles. The van der Waals surface area contributed by atoms with Crippen molar-refractivity contribution < 1.29 is 0 Å². The van der Waals surface area contributed by atoms with Crippen LogP contribution in [0.4, 0.5) is 5.69 Å². The standard InChI is InChI=1S/C14H18BrN3/c1-3-13-10-18(7-6-17(13)2)14-5-4-12(15)8-11(14)9-16/h4-5,8,13H,3,6-7,10H2,1-2H3. The van der Waals surface area contributed by atoms with Crippen LogP contribution in [0.5, 0.6) is 0 Å². The Morgan fingerprint density at radius 2 is 2.22 bits per heavy atom. The maximum absolute atomic E-state index is 9.24. The topological polar surface area (TPSA) is 30.3 Å². The van der Waals surface area contributed by atoms with Crippen molar-refractivity contribution in [3.8, 4) is 6.07 Å². The lowest BCUT2D eigenvalue weighted by Gasteiger charge is -2.40. The Bertz CT molecular complexity index is 467. The minimum absolute atomic E-state index is 0.578. The molecule has 1 aromatic carbocycles. The van der Waals surface area contributed by atoms with Crippen molar-refractivity contribution >= 4 is 21.6 Å². The highest BCUT2D eigenvalue weighted by atomic mass is 79.9. The van der Waals surface area contributed by atoms with Gasteiger partial charge in [-0.2, -0.15) is 5.26 Å². The summed E-state index contributed by atoms with van der Waals surface area (Å²) in [6.07, 6.45) is 1.14. The zero-order valence-electron chi connectivity index (χ0n) is 10.9. The van der Waals surface area contributed by atoms with Crippen molar-refractivity contribution in [2.75, 3.05) is 31.6 Å². The minimum atomic E-state index is 0.578. The van der Waals surface area contributed by atoms with E-state index in [4.69, 9.17) is 0 Å². The maximum atomic E-state index is 9.24. The number of hydrogen-bond donors (Lipinski definition) is 0. The minimum Gasteiger partial charge on any atom is -0.368 e. The van der Waals surface area contributed by atoms with Gasteiger partial charge in [-0.05, 0) is 31.7 Å². The van der Waals surface area contributed by atoms with Gasteiger partial charge in [0.25, 0.3) is 0 Å². The molecule has 1 atom stereocenters. The second-order valence-electron chi connectivity index (χ2n) is 4.76. The Morgan fingerprint density at radius 3 is 2.89 bits per heavy atom. The van der Waals surface area contributed by atoms with Gasteiger partial charge in [0.05, 0.1) is 11.3 Å². The Balaban J connectivity index is 2.25. The molecule has 1 aromatic rings. The van der Waals surface area contributed by atoms with Gasteiger partial charge < -0.3 is 4.90 Å². The molecule has 1 aliphatic rings. The van der Waals surface area contributed by atoms with E-state index < -0.39 is 0 Å². The van der Waals surface area contributed by atoms with Crippen molar-refractivity contribution in [3.63, 3.8) is 0 Å². The number of likely N-dealkylation sites (N-methyl/N-ethyl adjacent to an activating group) is 1. The molecule has 0 saturated carbocycles. The number of hydrogen-bond acceptors (Lipinski definition) is 3. The van der Waals surface area contributed by atoms with Crippen LogP contribution in [0.3, 0.4) is 0 Å². The van der Waals surface area contributed by atoms with Crippen LogP contribution in [0.15, 0.2) is 22.7 Å². The molecule has 18 heavy (non-hydrogen) atoms. The van der Waals surface area contributed by atoms with Gasteiger partial charge in [0.2, 0.25) is 0 Å². The van der Waals surface area contributed by atoms with Crippen LogP contribution in [-0.2, 0) is 0 Å². The molecular weight excluding hydrogens is 290 g/mol. The lowest BCUT2D eigenvalue weighted by atomic mass is 10.1. The smallest absolute Gasteiger partial charge is 0.101 e. The lowest BCUT2D eigenvalue weighted by Crippen LogP contribution is -2.51. The fourth-order valence-corrected chi connectivity index (χ4v) is 2.84. The molecule has 0 bridgehead atoms. The number of piperazine rings is 1. The van der Waals surface area contributed by atoms with Gasteiger partial charge in [-0.15, -0.1) is 0 Å². The molecule has 4 heteroatoms. The third-order valence-corrected chi connectivity index (χ3v) is 4.16. The highest BCUT2D eigenvalue weighted by Crippen LogP contribution is 2.26. The van der Waals surface area contributed by atoms with Crippen molar-refractivity contribution in [1.82, 2.24) is 4.90 Å². The molecule has 1 aliphatic heterocycles. The Hall–Kier alpha value is -1.05. The molecule has 1 unspecified atom stereocenters. The van der Waals surface area contributed by atoms with Gasteiger partial charge in [0.1, 0.15) is 6.07 Å². The van der Waals surface area contributed by atoms with Crippen LogP contribution in [-0.4, -0.2) is 37.6 Å². The quantitative estimate of drug-likeness (QED) is 0.841. The van der Waals surface area contributed by atoms with E-state index in [1.54, 1.807) is 0 Å². The third-order valence-electron chi connectivity index (χ3n) is 3.67. The van der Waals surface area contributed by atoms with Gasteiger partial charge >= 0.3 is 0 Å². The molecule has 96 valence electrons. The first-order valence-electron chi connectivity index (χ1n) is 6.30. The van der Waals surface area contributed by atoms with E-state index in [0.717, 1.165) is 41.8 Å². The normalized spacial score (nSPS) is 20.8. The van der Waals surface area contributed by atoms with Crippen molar-refractivity contribution in [2.45, 2.75) is 19.4 Å². The molecular formula is C14H18BrN3. The Labute approximate surface area is 117 Å². The van der Waals surface area contributed by atoms with Crippen molar-refractivity contribution in [3.05, 3.63) is 28.2 Å². The van der Waals surface area contributed by atoms with Gasteiger partial charge in [0.15, 0.2) is 0 Å². The molecule has 2 rings (SSSR count). The first kappa shape index (κ1) is 13.4. The molecule has 1 fully saturated rings. The lowest BCUT2D eigenvalue weighted by molar-refractivity contribution is 0.213. The molecule has 0 spiro atoms. The zero-order chi connectivity index (χ0) is 13.1. The first-order chi connectivity index (χ1) is 8.65. The highest BCUT2D eigenvalue weighted by Gasteiger charge is 2.24. The zero-order valence-corrected chi connectivity index (χ0v) is 12.4. The summed E-state index contributed by atoms with van der Waals surface area (Å²) < 4.78 is 0.962. The summed E-state index contributed by atoms with van der Waals surface area (Å²) in [5.74, 6) is 0. The molecule has 0 aliphatic carbocycles. The SMILES string of the molecule is CCC1CN(c2ccc(Br)cc2C#N)CCN1C. The predicted octanol–water partition coefficient (Wildman–Crippen LogP) is 2.85. The summed E-state index contributed by atoms with van der Waals surface area (Å²) in [5.41, 5.74) is 1.82. The number of rotatable bonds is 2. The summed E-state index contributed by atoms with van der Waals surface area (Å²) in [6, 6.07) is 8.82. The average molecular weight is 308 g/mol. The molecule has 0 radical (unpaired) electrons. The Kier molecular flexibility index (Phi) is 4.26. The van der Waals surface area contributed by atoms with Crippen LogP contribution in [0.25, 0.3) is 0 Å². The van der Waals surface area contributed by atoms with E-state index in [1.807, 2.05) is 18.2 Å². The highest BCUT2D eigenvalue weighted by molar-refractivity contribution is 9.10. The number of anilines is 1. The summed E-state index contributed by atoms with van der Waals surface area (Å²) in [4.78, 5) is 4.74. The van der Waals surface area contributed by atoms with Gasteiger partial charge in [-0.1, -0.05) is 22.9 Å². The largest absolute Gasteiger partial charge is 0.368 e. The van der Waals surface area contributed by atoms with E-state index >= 15 is 0 Å². The third kappa shape index (κ3) is 2.68. The number of benzene rings is 1. The molecule has 1 heterocycles. The van der Waals surface area contributed by atoms with E-state index in [1.165, 1.54) is 0 Å². The van der Waals surface area contributed by atoms with Crippen molar-refractivity contribution in [2.24, 2.45) is 0 Å². The van der Waals surface area contributed by atoms with Crippen LogP contribution in [0, 0.1) is 11.3 Å². The van der Waals surface area contributed by atoms with Gasteiger partial charge in [0, 0.05) is 30.1 Å². The van der Waals surface area contributed by atoms with Gasteiger partial charge in [-0.25, -0.2) is 0 Å².